The number of aryl methyl sites for hydroxylation is 2. The zero-order valence-electron chi connectivity index (χ0n) is 17.8. The van der Waals surface area contributed by atoms with Gasteiger partial charge in [0.05, 0.1) is 17.2 Å². The summed E-state index contributed by atoms with van der Waals surface area (Å²) in [5.74, 6) is 0.508. The molecule has 0 aliphatic carbocycles. The first-order valence-corrected chi connectivity index (χ1v) is 11.4. The van der Waals surface area contributed by atoms with Crippen LogP contribution in [0.5, 0.6) is 5.75 Å². The van der Waals surface area contributed by atoms with E-state index < -0.39 is 10.0 Å². The van der Waals surface area contributed by atoms with Crippen LogP contribution in [-0.2, 0) is 21.9 Å². The summed E-state index contributed by atoms with van der Waals surface area (Å²) in [7, 11) is -1.73. The molecule has 1 saturated heterocycles. The molecule has 2 heterocycles. The topological polar surface area (TPSA) is 84.7 Å². The lowest BCUT2D eigenvalue weighted by Crippen LogP contribution is -2.50. The highest BCUT2D eigenvalue weighted by atomic mass is 32.2. The van der Waals surface area contributed by atoms with Crippen molar-refractivity contribution < 1.29 is 17.9 Å². The third-order valence-electron chi connectivity index (χ3n) is 5.28. The van der Waals surface area contributed by atoms with Crippen LogP contribution in [0.25, 0.3) is 6.08 Å². The maximum absolute atomic E-state index is 12.9. The van der Waals surface area contributed by atoms with Crippen molar-refractivity contribution >= 4 is 22.0 Å². The number of sulfonamides is 1. The largest absolute Gasteiger partial charge is 0.494 e. The van der Waals surface area contributed by atoms with Crippen LogP contribution in [0.1, 0.15) is 23.9 Å². The molecule has 1 amide bonds. The second-order valence-electron chi connectivity index (χ2n) is 7.18. The number of hydrogen-bond donors (Lipinski definition) is 0. The Bertz CT molecular complexity index is 1030. The van der Waals surface area contributed by atoms with E-state index in [0.29, 0.717) is 25.4 Å². The molecule has 0 unspecified atom stereocenters. The van der Waals surface area contributed by atoms with Gasteiger partial charge < -0.3 is 9.64 Å². The van der Waals surface area contributed by atoms with Gasteiger partial charge in [0.15, 0.2) is 0 Å². The van der Waals surface area contributed by atoms with Crippen LogP contribution in [0, 0.1) is 13.8 Å². The summed E-state index contributed by atoms with van der Waals surface area (Å²) in [4.78, 5) is 14.5. The van der Waals surface area contributed by atoms with Gasteiger partial charge >= 0.3 is 0 Å². The lowest BCUT2D eigenvalue weighted by molar-refractivity contribution is -0.127. The second kappa shape index (κ2) is 9.01. The van der Waals surface area contributed by atoms with Crippen molar-refractivity contribution in [2.24, 2.45) is 7.05 Å². The molecule has 0 spiro atoms. The molecule has 0 saturated carbocycles. The van der Waals surface area contributed by atoms with Crippen LogP contribution >= 0.6 is 0 Å². The molecule has 1 aliphatic heterocycles. The van der Waals surface area contributed by atoms with E-state index in [1.54, 1.807) is 39.9 Å². The standard InChI is InChI=1S/C21H28N4O4S/c1-5-29-18-6-8-19(9-7-18)30(27,28)25-14-12-24(13-15-25)21(26)11-10-20-16(2)22-23(4)17(20)3/h6-11H,5,12-15H2,1-4H3. The van der Waals surface area contributed by atoms with Gasteiger partial charge in [0.25, 0.3) is 0 Å². The third kappa shape index (κ3) is 4.57. The van der Waals surface area contributed by atoms with Gasteiger partial charge in [-0.25, -0.2) is 8.42 Å². The summed E-state index contributed by atoms with van der Waals surface area (Å²) in [5.41, 5.74) is 2.79. The first kappa shape index (κ1) is 22.0. The van der Waals surface area contributed by atoms with Crippen molar-refractivity contribution in [3.8, 4) is 5.75 Å². The molecule has 1 fully saturated rings. The van der Waals surface area contributed by atoms with Crippen LogP contribution in [-0.4, -0.2) is 66.1 Å². The molecular formula is C21H28N4O4S. The van der Waals surface area contributed by atoms with Gasteiger partial charge in [0.1, 0.15) is 5.75 Å². The van der Waals surface area contributed by atoms with Crippen LogP contribution in [0.2, 0.25) is 0 Å². The fourth-order valence-electron chi connectivity index (χ4n) is 3.46. The van der Waals surface area contributed by atoms with Gasteiger partial charge in [-0.1, -0.05) is 0 Å². The summed E-state index contributed by atoms with van der Waals surface area (Å²) in [6.07, 6.45) is 3.32. The molecule has 8 nitrogen and oxygen atoms in total. The second-order valence-corrected chi connectivity index (χ2v) is 9.11. The van der Waals surface area contributed by atoms with E-state index in [9.17, 15) is 13.2 Å². The highest BCUT2D eigenvalue weighted by Gasteiger charge is 2.29. The molecule has 1 aromatic carbocycles. The van der Waals surface area contributed by atoms with Crippen molar-refractivity contribution in [2.75, 3.05) is 32.8 Å². The predicted octanol–water partition coefficient (Wildman–Crippen LogP) is 1.98. The predicted molar refractivity (Wildman–Crippen MR) is 115 cm³/mol. The zero-order chi connectivity index (χ0) is 21.9. The summed E-state index contributed by atoms with van der Waals surface area (Å²) < 4.78 is 34.3. The Balaban J connectivity index is 1.62. The van der Waals surface area contributed by atoms with E-state index in [2.05, 4.69) is 5.10 Å². The summed E-state index contributed by atoms with van der Waals surface area (Å²) in [6.45, 7) is 7.49. The van der Waals surface area contributed by atoms with Gasteiger partial charge in [0.2, 0.25) is 15.9 Å². The average Bonchev–Trinajstić information content (AvgIpc) is 2.98. The number of ether oxygens (including phenoxy) is 1. The molecule has 1 aromatic heterocycles. The molecule has 9 heteroatoms. The number of carbonyl (C=O) groups excluding carboxylic acids is 1. The Labute approximate surface area is 177 Å². The van der Waals surface area contributed by atoms with Crippen LogP contribution in [0.4, 0.5) is 0 Å². The molecule has 0 atom stereocenters. The summed E-state index contributed by atoms with van der Waals surface area (Å²) >= 11 is 0. The van der Waals surface area contributed by atoms with Gasteiger partial charge in [-0.15, -0.1) is 0 Å². The fourth-order valence-corrected chi connectivity index (χ4v) is 4.89. The van der Waals surface area contributed by atoms with Crippen molar-refractivity contribution in [3.05, 3.63) is 47.3 Å². The Morgan fingerprint density at radius 2 is 1.77 bits per heavy atom. The number of rotatable bonds is 6. The quantitative estimate of drug-likeness (QED) is 0.652. The van der Waals surface area contributed by atoms with Gasteiger partial charge in [-0.2, -0.15) is 9.40 Å². The van der Waals surface area contributed by atoms with E-state index in [-0.39, 0.29) is 23.9 Å². The Kier molecular flexibility index (Phi) is 6.62. The van der Waals surface area contributed by atoms with Gasteiger partial charge in [-0.3, -0.25) is 9.48 Å². The van der Waals surface area contributed by atoms with Crippen molar-refractivity contribution in [2.45, 2.75) is 25.7 Å². The third-order valence-corrected chi connectivity index (χ3v) is 7.19. The fraction of sp³-hybridized carbons (Fsp3) is 0.429. The molecule has 0 bridgehead atoms. The Morgan fingerprint density at radius 1 is 1.13 bits per heavy atom. The Hall–Kier alpha value is -2.65. The van der Waals surface area contributed by atoms with E-state index >= 15 is 0 Å². The maximum atomic E-state index is 12.9. The molecule has 30 heavy (non-hydrogen) atoms. The highest BCUT2D eigenvalue weighted by Crippen LogP contribution is 2.21. The van der Waals surface area contributed by atoms with Gasteiger partial charge in [0, 0.05) is 50.6 Å². The van der Waals surface area contributed by atoms with Crippen LogP contribution in [0.3, 0.4) is 0 Å². The molecule has 1 aliphatic rings. The number of piperazine rings is 1. The Morgan fingerprint density at radius 3 is 2.30 bits per heavy atom. The molecular weight excluding hydrogens is 404 g/mol. The lowest BCUT2D eigenvalue weighted by atomic mass is 10.2. The number of amides is 1. The number of benzene rings is 1. The van der Waals surface area contributed by atoms with Crippen LogP contribution < -0.4 is 4.74 Å². The van der Waals surface area contributed by atoms with Crippen molar-refractivity contribution in [1.29, 1.82) is 0 Å². The monoisotopic (exact) mass is 432 g/mol. The normalized spacial score (nSPS) is 15.7. The summed E-state index contributed by atoms with van der Waals surface area (Å²) in [6, 6.07) is 6.42. The van der Waals surface area contributed by atoms with Crippen molar-refractivity contribution in [1.82, 2.24) is 19.0 Å². The highest BCUT2D eigenvalue weighted by molar-refractivity contribution is 7.89. The molecule has 0 N–H and O–H groups in total. The maximum Gasteiger partial charge on any atom is 0.246 e. The van der Waals surface area contributed by atoms with E-state index in [4.69, 9.17) is 4.74 Å². The molecule has 0 radical (unpaired) electrons. The molecule has 2 aromatic rings. The first-order valence-electron chi connectivity index (χ1n) is 9.94. The number of aromatic nitrogens is 2. The number of carbonyl (C=O) groups is 1. The van der Waals surface area contributed by atoms with E-state index in [1.807, 2.05) is 27.8 Å². The number of hydrogen-bond acceptors (Lipinski definition) is 5. The zero-order valence-corrected chi connectivity index (χ0v) is 18.6. The molecule has 3 rings (SSSR count). The smallest absolute Gasteiger partial charge is 0.246 e. The number of nitrogens with zero attached hydrogens (tertiary/aromatic N) is 4. The SMILES string of the molecule is CCOc1ccc(S(=O)(=O)N2CCN(C(=O)C=Cc3c(C)nn(C)c3C)CC2)cc1. The summed E-state index contributed by atoms with van der Waals surface area (Å²) in [5, 5.41) is 4.34. The average molecular weight is 433 g/mol. The van der Waals surface area contributed by atoms with Crippen molar-refractivity contribution in [3.63, 3.8) is 0 Å². The minimum absolute atomic E-state index is 0.129. The minimum atomic E-state index is -3.60. The molecule has 162 valence electrons. The minimum Gasteiger partial charge on any atom is -0.494 e. The van der Waals surface area contributed by atoms with E-state index in [1.165, 1.54) is 10.4 Å². The van der Waals surface area contributed by atoms with Crippen LogP contribution in [0.15, 0.2) is 35.2 Å². The van der Waals surface area contributed by atoms with Gasteiger partial charge in [-0.05, 0) is 51.1 Å². The lowest BCUT2D eigenvalue weighted by Gasteiger charge is -2.33. The first-order chi connectivity index (χ1) is 14.2. The van der Waals surface area contributed by atoms with E-state index in [0.717, 1.165) is 17.0 Å².